The Labute approximate surface area is 87.9 Å². The molecule has 0 saturated carbocycles. The molecule has 0 atom stereocenters. The van der Waals surface area contributed by atoms with E-state index in [1.165, 1.54) is 17.5 Å². The molecule has 0 aliphatic heterocycles. The van der Waals surface area contributed by atoms with Gasteiger partial charge in [0.05, 0.1) is 0 Å². The van der Waals surface area contributed by atoms with Crippen molar-refractivity contribution in [2.75, 3.05) is 0 Å². The van der Waals surface area contributed by atoms with Crippen LogP contribution in [0.15, 0.2) is 18.8 Å². The van der Waals surface area contributed by atoms with Gasteiger partial charge in [-0.25, -0.2) is 0 Å². The maximum Gasteiger partial charge on any atom is 0.0447 e. The fourth-order valence-electron chi connectivity index (χ4n) is 1.40. The Morgan fingerprint density at radius 3 is 2.57 bits per heavy atom. The highest BCUT2D eigenvalue weighted by atomic mass is 14.7. The lowest BCUT2D eigenvalue weighted by molar-refractivity contribution is 0.911. The molecule has 1 heteroatoms. The molecule has 0 saturated heterocycles. The number of hydrogen-bond donors (Lipinski definition) is 0. The van der Waals surface area contributed by atoms with Crippen molar-refractivity contribution < 1.29 is 0 Å². The van der Waals surface area contributed by atoms with Crippen molar-refractivity contribution in [3.8, 4) is 0 Å². The van der Waals surface area contributed by atoms with Crippen LogP contribution in [0.5, 0.6) is 0 Å². The van der Waals surface area contributed by atoms with Crippen molar-refractivity contribution >= 4 is 6.08 Å². The molecule has 0 fully saturated rings. The maximum atomic E-state index is 4.22. The quantitative estimate of drug-likeness (QED) is 0.703. The largest absolute Gasteiger partial charge is 0.261 e. The van der Waals surface area contributed by atoms with Crippen LogP contribution in [0.4, 0.5) is 0 Å². The summed E-state index contributed by atoms with van der Waals surface area (Å²) in [5, 5.41) is 0. The van der Waals surface area contributed by atoms with Crippen molar-refractivity contribution in [3.05, 3.63) is 35.7 Å². The van der Waals surface area contributed by atoms with E-state index >= 15 is 0 Å². The van der Waals surface area contributed by atoms with Gasteiger partial charge in [-0.1, -0.05) is 39.8 Å². The van der Waals surface area contributed by atoms with Crippen LogP contribution in [0.2, 0.25) is 0 Å². The van der Waals surface area contributed by atoms with E-state index in [-0.39, 0.29) is 0 Å². The zero-order valence-corrected chi connectivity index (χ0v) is 9.80. The van der Waals surface area contributed by atoms with E-state index in [4.69, 9.17) is 0 Å². The van der Waals surface area contributed by atoms with Gasteiger partial charge in [-0.2, -0.15) is 0 Å². The summed E-state index contributed by atoms with van der Waals surface area (Å²) < 4.78 is 0. The highest BCUT2D eigenvalue weighted by Gasteiger charge is 2.00. The Kier molecular flexibility index (Phi) is 6.73. The molecule has 0 aliphatic carbocycles. The molecule has 0 N–H and O–H groups in total. The summed E-state index contributed by atoms with van der Waals surface area (Å²) in [6, 6.07) is 2.08. The van der Waals surface area contributed by atoms with Crippen molar-refractivity contribution in [1.29, 1.82) is 0 Å². The minimum absolute atomic E-state index is 1.08. The lowest BCUT2D eigenvalue weighted by atomic mass is 10.0. The molecule has 1 nitrogen and oxygen atoms in total. The fourth-order valence-corrected chi connectivity index (χ4v) is 1.40. The lowest BCUT2D eigenvalue weighted by Gasteiger charge is -2.05. The summed E-state index contributed by atoms with van der Waals surface area (Å²) in [5.74, 6) is 0. The van der Waals surface area contributed by atoms with Gasteiger partial charge in [0.25, 0.3) is 0 Å². The molecule has 78 valence electrons. The van der Waals surface area contributed by atoms with Gasteiger partial charge in [0.1, 0.15) is 0 Å². The Morgan fingerprint density at radius 1 is 1.43 bits per heavy atom. The third kappa shape index (κ3) is 3.33. The molecule has 0 bridgehead atoms. The number of pyridine rings is 1. The van der Waals surface area contributed by atoms with Crippen molar-refractivity contribution in [3.63, 3.8) is 0 Å². The van der Waals surface area contributed by atoms with E-state index in [0.717, 1.165) is 12.1 Å². The molecule has 1 rings (SSSR count). The monoisotopic (exact) mass is 191 g/mol. The Morgan fingerprint density at radius 2 is 2.07 bits per heavy atom. The Bertz CT molecular complexity index is 277. The van der Waals surface area contributed by atoms with E-state index in [1.54, 1.807) is 0 Å². The van der Waals surface area contributed by atoms with Gasteiger partial charge in [-0.3, -0.25) is 4.98 Å². The van der Waals surface area contributed by atoms with Crippen LogP contribution in [0.1, 0.15) is 44.0 Å². The smallest absolute Gasteiger partial charge is 0.0447 e. The summed E-state index contributed by atoms with van der Waals surface area (Å²) in [6.07, 6.45) is 6.05. The summed E-state index contributed by atoms with van der Waals surface area (Å²) in [4.78, 5) is 4.22. The number of hydrogen-bond acceptors (Lipinski definition) is 1. The van der Waals surface area contributed by atoms with Crippen LogP contribution in [-0.4, -0.2) is 4.98 Å². The third-order valence-corrected chi connectivity index (χ3v) is 2.00. The second-order valence-corrected chi connectivity index (χ2v) is 2.92. The summed E-state index contributed by atoms with van der Waals surface area (Å²) in [5.41, 5.74) is 3.65. The van der Waals surface area contributed by atoms with Gasteiger partial charge in [0, 0.05) is 11.9 Å². The average molecular weight is 191 g/mol. The maximum absolute atomic E-state index is 4.22. The molecule has 1 heterocycles. The van der Waals surface area contributed by atoms with Crippen LogP contribution >= 0.6 is 0 Å². The van der Waals surface area contributed by atoms with E-state index < -0.39 is 0 Å². The van der Waals surface area contributed by atoms with Crippen LogP contribution < -0.4 is 0 Å². The molecule has 1 aromatic heterocycles. The number of aromatic nitrogens is 1. The summed E-state index contributed by atoms with van der Waals surface area (Å²) >= 11 is 0. The topological polar surface area (TPSA) is 12.9 Å². The van der Waals surface area contributed by atoms with E-state index in [9.17, 15) is 0 Å². The minimum atomic E-state index is 1.08. The van der Waals surface area contributed by atoms with Crippen LogP contribution in [0.3, 0.4) is 0 Å². The minimum Gasteiger partial charge on any atom is -0.261 e. The van der Waals surface area contributed by atoms with Crippen LogP contribution in [-0.2, 0) is 6.42 Å². The molecule has 0 unspecified atom stereocenters. The standard InChI is InChI=1S/C11H15N.C2H6/c1-4-6-10-7-8-12-9(3)11(10)5-2;1-2/h5,7-8H,2,4,6H2,1,3H3;1-2H3. The Balaban J connectivity index is 0.000000791. The first kappa shape index (κ1) is 12.9. The third-order valence-electron chi connectivity index (χ3n) is 2.00. The van der Waals surface area contributed by atoms with E-state index in [1.807, 2.05) is 33.0 Å². The molecular weight excluding hydrogens is 170 g/mol. The number of aryl methyl sites for hydroxylation is 2. The molecule has 0 aromatic carbocycles. The predicted molar refractivity (Wildman–Crippen MR) is 64.4 cm³/mol. The highest BCUT2D eigenvalue weighted by molar-refractivity contribution is 5.53. The normalized spacial score (nSPS) is 8.86. The first-order valence-electron chi connectivity index (χ1n) is 5.36. The van der Waals surface area contributed by atoms with Gasteiger partial charge in [0.15, 0.2) is 0 Å². The van der Waals surface area contributed by atoms with Gasteiger partial charge in [-0.05, 0) is 30.5 Å². The molecular formula is C13H21N. The van der Waals surface area contributed by atoms with E-state index in [2.05, 4.69) is 24.6 Å². The number of nitrogens with zero attached hydrogens (tertiary/aromatic N) is 1. The van der Waals surface area contributed by atoms with Crippen molar-refractivity contribution in [2.24, 2.45) is 0 Å². The first-order chi connectivity index (χ1) is 6.79. The molecule has 1 aromatic rings. The second-order valence-electron chi connectivity index (χ2n) is 2.92. The zero-order chi connectivity index (χ0) is 11.0. The first-order valence-corrected chi connectivity index (χ1v) is 5.36. The molecule has 14 heavy (non-hydrogen) atoms. The molecule has 0 spiro atoms. The van der Waals surface area contributed by atoms with Crippen LogP contribution in [0, 0.1) is 6.92 Å². The van der Waals surface area contributed by atoms with Crippen molar-refractivity contribution in [1.82, 2.24) is 4.98 Å². The van der Waals surface area contributed by atoms with E-state index in [0.29, 0.717) is 0 Å². The zero-order valence-electron chi connectivity index (χ0n) is 9.80. The van der Waals surface area contributed by atoms with Crippen LogP contribution in [0.25, 0.3) is 6.08 Å². The average Bonchev–Trinajstić information content (AvgIpc) is 2.22. The van der Waals surface area contributed by atoms with Gasteiger partial charge < -0.3 is 0 Å². The Hall–Kier alpha value is -1.11. The van der Waals surface area contributed by atoms with Gasteiger partial charge in [0.2, 0.25) is 0 Å². The SMILES string of the molecule is C=Cc1c(CCC)ccnc1C.CC. The highest BCUT2D eigenvalue weighted by Crippen LogP contribution is 2.14. The molecule has 0 aliphatic rings. The number of rotatable bonds is 3. The van der Waals surface area contributed by atoms with Gasteiger partial charge >= 0.3 is 0 Å². The molecule has 0 radical (unpaired) electrons. The second kappa shape index (κ2) is 7.31. The molecule has 0 amide bonds. The lowest BCUT2D eigenvalue weighted by Crippen LogP contribution is -1.93. The van der Waals surface area contributed by atoms with Crippen molar-refractivity contribution in [2.45, 2.75) is 40.5 Å². The predicted octanol–water partition coefficient (Wildman–Crippen LogP) is 4.01. The summed E-state index contributed by atoms with van der Waals surface area (Å²) in [6.45, 7) is 12.0. The fraction of sp³-hybridized carbons (Fsp3) is 0.462. The van der Waals surface area contributed by atoms with Gasteiger partial charge in [-0.15, -0.1) is 0 Å². The summed E-state index contributed by atoms with van der Waals surface area (Å²) in [7, 11) is 0.